The van der Waals surface area contributed by atoms with Crippen molar-refractivity contribution >= 4 is 22.8 Å². The Hall–Kier alpha value is -2.36. The van der Waals surface area contributed by atoms with Gasteiger partial charge >= 0.3 is 0 Å². The second-order valence-corrected chi connectivity index (χ2v) is 6.36. The van der Waals surface area contributed by atoms with E-state index in [2.05, 4.69) is 35.6 Å². The fourth-order valence-electron chi connectivity index (χ4n) is 2.17. The van der Waals surface area contributed by atoms with Gasteiger partial charge in [-0.05, 0) is 37.6 Å². The van der Waals surface area contributed by atoms with E-state index >= 15 is 0 Å². The average molecular weight is 341 g/mol. The molecule has 1 aromatic heterocycles. The molecule has 0 spiro atoms. The third-order valence-corrected chi connectivity index (χ3v) is 3.79. The van der Waals surface area contributed by atoms with Crippen LogP contribution in [0.1, 0.15) is 64.1 Å². The van der Waals surface area contributed by atoms with Crippen molar-refractivity contribution in [2.75, 3.05) is 5.73 Å². The van der Waals surface area contributed by atoms with Gasteiger partial charge in [0.2, 0.25) is 0 Å². The van der Waals surface area contributed by atoms with E-state index in [-0.39, 0.29) is 0 Å². The highest BCUT2D eigenvalue weighted by atomic mass is 15.2. The first kappa shape index (κ1) is 20.7. The third kappa shape index (κ3) is 7.84. The summed E-state index contributed by atoms with van der Waals surface area (Å²) >= 11 is 0. The van der Waals surface area contributed by atoms with Crippen LogP contribution in [-0.2, 0) is 0 Å². The van der Waals surface area contributed by atoms with E-state index in [0.717, 1.165) is 17.0 Å². The number of hydrogen-bond donors (Lipinski definition) is 2. The Morgan fingerprint density at radius 1 is 1.04 bits per heavy atom. The number of aromatic amines is 1. The minimum absolute atomic E-state index is 0.563. The molecule has 0 saturated carbocycles. The van der Waals surface area contributed by atoms with Crippen LogP contribution in [0.15, 0.2) is 47.1 Å². The highest BCUT2D eigenvalue weighted by Gasteiger charge is 2.04. The maximum Gasteiger partial charge on any atom is 0.176 e. The van der Waals surface area contributed by atoms with Gasteiger partial charge in [0.25, 0.3) is 0 Å². The highest BCUT2D eigenvalue weighted by molar-refractivity contribution is 5.69. The standard InChI is InChI=1S/C14H16N4.C7H16/c1-9(2)13-8-12(15)14(16-13)18-17-11-6-4-10(3)5-7-11;1-3-5-7-6-4-2/h4-8,16H,1,15H2,2-3H3;3-7H2,1-2H3. The lowest BCUT2D eigenvalue weighted by Crippen LogP contribution is -1.79. The summed E-state index contributed by atoms with van der Waals surface area (Å²) in [5.74, 6) is 0.563. The molecule has 3 N–H and O–H groups in total. The summed E-state index contributed by atoms with van der Waals surface area (Å²) in [4.78, 5) is 3.08. The van der Waals surface area contributed by atoms with E-state index in [4.69, 9.17) is 5.73 Å². The van der Waals surface area contributed by atoms with Crippen molar-refractivity contribution in [2.45, 2.75) is 59.8 Å². The van der Waals surface area contributed by atoms with Crippen LogP contribution in [0.3, 0.4) is 0 Å². The van der Waals surface area contributed by atoms with Crippen LogP contribution in [-0.4, -0.2) is 4.98 Å². The van der Waals surface area contributed by atoms with Gasteiger partial charge in [-0.25, -0.2) is 0 Å². The fraction of sp³-hybridized carbons (Fsp3) is 0.429. The fourth-order valence-corrected chi connectivity index (χ4v) is 2.17. The Balaban J connectivity index is 0.000000381. The van der Waals surface area contributed by atoms with Crippen LogP contribution in [0.4, 0.5) is 17.2 Å². The average Bonchev–Trinajstić information content (AvgIpc) is 2.97. The highest BCUT2D eigenvalue weighted by Crippen LogP contribution is 2.27. The molecule has 2 rings (SSSR count). The van der Waals surface area contributed by atoms with Crippen molar-refractivity contribution in [1.29, 1.82) is 0 Å². The third-order valence-electron chi connectivity index (χ3n) is 3.79. The minimum atomic E-state index is 0.563. The Labute approximate surface area is 152 Å². The lowest BCUT2D eigenvalue weighted by Gasteiger charge is -1.94. The maximum absolute atomic E-state index is 5.84. The normalized spacial score (nSPS) is 10.6. The van der Waals surface area contributed by atoms with E-state index in [1.165, 1.54) is 37.7 Å². The smallest absolute Gasteiger partial charge is 0.176 e. The summed E-state index contributed by atoms with van der Waals surface area (Å²) in [6.07, 6.45) is 7.01. The summed E-state index contributed by atoms with van der Waals surface area (Å²) in [6, 6.07) is 9.62. The summed E-state index contributed by atoms with van der Waals surface area (Å²) in [5, 5.41) is 8.25. The van der Waals surface area contributed by atoms with Gasteiger partial charge in [0.1, 0.15) is 0 Å². The molecule has 0 saturated heterocycles. The molecule has 0 bridgehead atoms. The predicted molar refractivity (Wildman–Crippen MR) is 110 cm³/mol. The Kier molecular flexibility index (Phi) is 9.30. The van der Waals surface area contributed by atoms with E-state index in [0.29, 0.717) is 11.5 Å². The summed E-state index contributed by atoms with van der Waals surface area (Å²) in [6.45, 7) is 12.3. The molecule has 136 valence electrons. The van der Waals surface area contributed by atoms with Gasteiger partial charge in [0.05, 0.1) is 11.4 Å². The molecule has 0 fully saturated rings. The van der Waals surface area contributed by atoms with E-state index < -0.39 is 0 Å². The Bertz CT molecular complexity index is 662. The zero-order valence-corrected chi connectivity index (χ0v) is 16.1. The number of nitrogens with one attached hydrogen (secondary N) is 1. The predicted octanol–water partition coefficient (Wildman–Crippen LogP) is 7.33. The number of azo groups is 1. The first-order chi connectivity index (χ1) is 12.0. The Morgan fingerprint density at radius 3 is 2.12 bits per heavy atom. The molecule has 0 unspecified atom stereocenters. The number of H-pyrrole nitrogens is 1. The molecule has 0 aliphatic heterocycles. The number of nitrogens with zero attached hydrogens (tertiary/aromatic N) is 2. The molecular weight excluding hydrogens is 308 g/mol. The molecule has 4 heteroatoms. The van der Waals surface area contributed by atoms with Crippen molar-refractivity contribution in [1.82, 2.24) is 4.98 Å². The largest absolute Gasteiger partial charge is 0.396 e. The number of aryl methyl sites for hydroxylation is 1. The number of allylic oxidation sites excluding steroid dienone is 1. The number of nitrogens with two attached hydrogens (primary N) is 1. The number of hydrogen-bond acceptors (Lipinski definition) is 3. The number of unbranched alkanes of at least 4 members (excludes halogenated alkanes) is 4. The van der Waals surface area contributed by atoms with Crippen LogP contribution < -0.4 is 5.73 Å². The monoisotopic (exact) mass is 340 g/mol. The molecule has 4 nitrogen and oxygen atoms in total. The van der Waals surface area contributed by atoms with Crippen molar-refractivity contribution in [3.8, 4) is 0 Å². The minimum Gasteiger partial charge on any atom is -0.396 e. The van der Waals surface area contributed by atoms with Crippen molar-refractivity contribution < 1.29 is 0 Å². The topological polar surface area (TPSA) is 66.5 Å². The molecular formula is C21H32N4. The van der Waals surface area contributed by atoms with Gasteiger partial charge in [-0.1, -0.05) is 70.2 Å². The molecule has 0 radical (unpaired) electrons. The van der Waals surface area contributed by atoms with Crippen molar-refractivity contribution in [3.05, 3.63) is 48.2 Å². The SMILES string of the molecule is C=C(C)c1cc(N)c(N=Nc2ccc(C)cc2)[nH]1.CCCCCCC. The van der Waals surface area contributed by atoms with Gasteiger partial charge < -0.3 is 10.7 Å². The quantitative estimate of drug-likeness (QED) is 0.402. The molecule has 0 amide bonds. The zero-order valence-electron chi connectivity index (χ0n) is 16.1. The van der Waals surface area contributed by atoms with E-state index in [1.807, 2.05) is 44.2 Å². The lowest BCUT2D eigenvalue weighted by atomic mass is 10.2. The van der Waals surface area contributed by atoms with Crippen LogP contribution in [0.5, 0.6) is 0 Å². The van der Waals surface area contributed by atoms with Gasteiger partial charge in [0, 0.05) is 5.69 Å². The van der Waals surface area contributed by atoms with E-state index in [1.54, 1.807) is 0 Å². The molecule has 1 aromatic carbocycles. The van der Waals surface area contributed by atoms with Crippen LogP contribution in [0.2, 0.25) is 0 Å². The molecule has 1 heterocycles. The zero-order chi connectivity index (χ0) is 18.7. The molecule has 25 heavy (non-hydrogen) atoms. The molecule has 2 aromatic rings. The number of benzene rings is 1. The van der Waals surface area contributed by atoms with Crippen molar-refractivity contribution in [2.24, 2.45) is 10.2 Å². The van der Waals surface area contributed by atoms with Gasteiger partial charge in [-0.2, -0.15) is 0 Å². The van der Waals surface area contributed by atoms with Crippen LogP contribution in [0, 0.1) is 6.92 Å². The number of rotatable bonds is 7. The maximum atomic E-state index is 5.84. The number of nitrogen functional groups attached to an aromatic ring is 1. The molecule has 0 atom stereocenters. The second-order valence-electron chi connectivity index (χ2n) is 6.36. The van der Waals surface area contributed by atoms with Gasteiger partial charge in [-0.15, -0.1) is 10.2 Å². The Morgan fingerprint density at radius 2 is 1.64 bits per heavy atom. The first-order valence-corrected chi connectivity index (χ1v) is 9.10. The number of anilines is 1. The van der Waals surface area contributed by atoms with Crippen molar-refractivity contribution in [3.63, 3.8) is 0 Å². The molecule has 0 aliphatic rings. The lowest BCUT2D eigenvalue weighted by molar-refractivity contribution is 0.656. The summed E-state index contributed by atoms with van der Waals surface area (Å²) in [7, 11) is 0. The van der Waals surface area contributed by atoms with E-state index in [9.17, 15) is 0 Å². The number of aromatic nitrogens is 1. The summed E-state index contributed by atoms with van der Waals surface area (Å²) < 4.78 is 0. The van der Waals surface area contributed by atoms with Crippen LogP contribution in [0.25, 0.3) is 5.57 Å². The molecule has 0 aliphatic carbocycles. The first-order valence-electron chi connectivity index (χ1n) is 9.10. The second kappa shape index (κ2) is 11.2. The summed E-state index contributed by atoms with van der Waals surface area (Å²) in [5.41, 5.74) is 10.2. The van der Waals surface area contributed by atoms with Crippen LogP contribution >= 0.6 is 0 Å². The van der Waals surface area contributed by atoms with Gasteiger partial charge in [-0.3, -0.25) is 0 Å². The van der Waals surface area contributed by atoms with Gasteiger partial charge in [0.15, 0.2) is 5.82 Å².